The molecule has 1 aliphatic heterocycles. The third-order valence-corrected chi connectivity index (χ3v) is 2.58. The number of carbonyl (C=O) groups is 1. The van der Waals surface area contributed by atoms with E-state index in [0.29, 0.717) is 32.9 Å². The van der Waals surface area contributed by atoms with Gasteiger partial charge in [0.05, 0.1) is 25.9 Å². The lowest BCUT2D eigenvalue weighted by atomic mass is 10.2. The van der Waals surface area contributed by atoms with Gasteiger partial charge in [0, 0.05) is 13.2 Å². The molecule has 1 heterocycles. The molecule has 1 atom stereocenters. The second-order valence-electron chi connectivity index (χ2n) is 5.40. The molecule has 5 heteroatoms. The van der Waals surface area contributed by atoms with Gasteiger partial charge in [0.25, 0.3) is 0 Å². The molecule has 18 heavy (non-hydrogen) atoms. The van der Waals surface area contributed by atoms with E-state index in [1.807, 2.05) is 27.7 Å². The lowest BCUT2D eigenvalue weighted by Crippen LogP contribution is -2.36. The van der Waals surface area contributed by atoms with Crippen LogP contribution in [-0.2, 0) is 14.2 Å². The van der Waals surface area contributed by atoms with Crippen LogP contribution in [0.25, 0.3) is 0 Å². The predicted molar refractivity (Wildman–Crippen MR) is 68.7 cm³/mol. The number of likely N-dealkylation sites (tertiary alicyclic amines) is 1. The van der Waals surface area contributed by atoms with Crippen LogP contribution in [-0.4, -0.2) is 55.6 Å². The van der Waals surface area contributed by atoms with Crippen LogP contribution in [0.1, 0.15) is 34.1 Å². The van der Waals surface area contributed by atoms with Crippen molar-refractivity contribution in [1.29, 1.82) is 0 Å². The Bertz CT molecular complexity index is 262. The van der Waals surface area contributed by atoms with Crippen molar-refractivity contribution in [3.63, 3.8) is 0 Å². The molecule has 1 aliphatic rings. The Labute approximate surface area is 109 Å². The molecule has 5 nitrogen and oxygen atoms in total. The number of amides is 1. The molecule has 1 fully saturated rings. The van der Waals surface area contributed by atoms with Crippen molar-refractivity contribution in [2.45, 2.75) is 45.8 Å². The summed E-state index contributed by atoms with van der Waals surface area (Å²) in [7, 11) is 0. The summed E-state index contributed by atoms with van der Waals surface area (Å²) in [5.41, 5.74) is -0.439. The van der Waals surface area contributed by atoms with Crippen LogP contribution in [0, 0.1) is 0 Å². The normalized spacial score (nSPS) is 20.2. The first-order valence-electron chi connectivity index (χ1n) is 6.59. The van der Waals surface area contributed by atoms with Crippen molar-refractivity contribution < 1.29 is 19.0 Å². The number of hydrogen-bond acceptors (Lipinski definition) is 4. The smallest absolute Gasteiger partial charge is 0.410 e. The molecule has 106 valence electrons. The van der Waals surface area contributed by atoms with E-state index >= 15 is 0 Å². The van der Waals surface area contributed by atoms with Crippen LogP contribution in [0.15, 0.2) is 0 Å². The standard InChI is InChI=1S/C13H25NO4/c1-5-16-8-9-17-11-6-7-14(10-11)12(15)18-13(2,3)4/h11H,5-10H2,1-4H3/t11-/m0/s1. The lowest BCUT2D eigenvalue weighted by Gasteiger charge is -2.24. The fraction of sp³-hybridized carbons (Fsp3) is 0.923. The summed E-state index contributed by atoms with van der Waals surface area (Å²) in [6, 6.07) is 0. The highest BCUT2D eigenvalue weighted by molar-refractivity contribution is 5.68. The van der Waals surface area contributed by atoms with Crippen molar-refractivity contribution in [2.24, 2.45) is 0 Å². The zero-order valence-corrected chi connectivity index (χ0v) is 11.9. The SMILES string of the molecule is CCOCCO[C@H]1CCN(C(=O)OC(C)(C)C)C1. The van der Waals surface area contributed by atoms with E-state index in [2.05, 4.69) is 0 Å². The Kier molecular flexibility index (Phi) is 5.88. The second kappa shape index (κ2) is 6.95. The summed E-state index contributed by atoms with van der Waals surface area (Å²) in [6.45, 7) is 10.8. The highest BCUT2D eigenvalue weighted by Gasteiger charge is 2.29. The maximum Gasteiger partial charge on any atom is 0.410 e. The maximum absolute atomic E-state index is 11.8. The van der Waals surface area contributed by atoms with Gasteiger partial charge in [0.1, 0.15) is 5.60 Å². The first-order chi connectivity index (χ1) is 8.42. The highest BCUT2D eigenvalue weighted by atomic mass is 16.6. The minimum absolute atomic E-state index is 0.109. The Morgan fingerprint density at radius 1 is 1.33 bits per heavy atom. The molecule has 0 bridgehead atoms. The van der Waals surface area contributed by atoms with Gasteiger partial charge >= 0.3 is 6.09 Å². The maximum atomic E-state index is 11.8. The first-order valence-corrected chi connectivity index (χ1v) is 6.59. The molecule has 1 amide bonds. The molecule has 0 radical (unpaired) electrons. The van der Waals surface area contributed by atoms with Gasteiger partial charge in [-0.25, -0.2) is 4.79 Å². The number of ether oxygens (including phenoxy) is 3. The molecule has 0 aromatic rings. The summed E-state index contributed by atoms with van der Waals surface area (Å²) >= 11 is 0. The largest absolute Gasteiger partial charge is 0.444 e. The average molecular weight is 259 g/mol. The van der Waals surface area contributed by atoms with E-state index < -0.39 is 5.60 Å². The number of carbonyl (C=O) groups excluding carboxylic acids is 1. The molecule has 0 aromatic carbocycles. The summed E-state index contributed by atoms with van der Waals surface area (Å²) in [6.07, 6.45) is 0.724. The Balaban J connectivity index is 2.22. The Hall–Kier alpha value is -0.810. The summed E-state index contributed by atoms with van der Waals surface area (Å²) < 4.78 is 16.2. The summed E-state index contributed by atoms with van der Waals surface area (Å²) in [4.78, 5) is 13.5. The molecule has 0 aliphatic carbocycles. The first kappa shape index (κ1) is 15.2. The fourth-order valence-corrected chi connectivity index (χ4v) is 1.77. The fourth-order valence-electron chi connectivity index (χ4n) is 1.77. The van der Waals surface area contributed by atoms with Crippen molar-refractivity contribution in [1.82, 2.24) is 4.90 Å². The topological polar surface area (TPSA) is 48.0 Å². The average Bonchev–Trinajstić information content (AvgIpc) is 2.71. The Morgan fingerprint density at radius 2 is 2.06 bits per heavy atom. The highest BCUT2D eigenvalue weighted by Crippen LogP contribution is 2.16. The monoisotopic (exact) mass is 259 g/mol. The number of hydrogen-bond donors (Lipinski definition) is 0. The predicted octanol–water partition coefficient (Wildman–Crippen LogP) is 2.05. The molecule has 0 spiro atoms. The third-order valence-electron chi connectivity index (χ3n) is 2.58. The molecule has 1 rings (SSSR count). The number of rotatable bonds is 5. The van der Waals surface area contributed by atoms with E-state index in [-0.39, 0.29) is 12.2 Å². The van der Waals surface area contributed by atoms with Gasteiger partial charge in [0.2, 0.25) is 0 Å². The third kappa shape index (κ3) is 5.69. The number of nitrogens with zero attached hydrogens (tertiary/aromatic N) is 1. The zero-order valence-electron chi connectivity index (χ0n) is 11.9. The van der Waals surface area contributed by atoms with E-state index in [1.165, 1.54) is 0 Å². The van der Waals surface area contributed by atoms with Gasteiger partial charge < -0.3 is 19.1 Å². The van der Waals surface area contributed by atoms with Gasteiger partial charge in [-0.2, -0.15) is 0 Å². The van der Waals surface area contributed by atoms with E-state index in [0.717, 1.165) is 6.42 Å². The van der Waals surface area contributed by atoms with Gasteiger partial charge in [-0.15, -0.1) is 0 Å². The van der Waals surface area contributed by atoms with Crippen molar-refractivity contribution in [3.8, 4) is 0 Å². The summed E-state index contributed by atoms with van der Waals surface area (Å²) in [5.74, 6) is 0. The molecule has 0 unspecified atom stereocenters. The van der Waals surface area contributed by atoms with Crippen LogP contribution in [0.5, 0.6) is 0 Å². The molecular formula is C13H25NO4. The molecule has 0 saturated carbocycles. The molecule has 1 saturated heterocycles. The quantitative estimate of drug-likeness (QED) is 0.709. The minimum atomic E-state index is -0.439. The van der Waals surface area contributed by atoms with Gasteiger partial charge in [-0.05, 0) is 34.1 Å². The van der Waals surface area contributed by atoms with Crippen molar-refractivity contribution in [3.05, 3.63) is 0 Å². The minimum Gasteiger partial charge on any atom is -0.444 e. The van der Waals surface area contributed by atoms with Crippen LogP contribution >= 0.6 is 0 Å². The zero-order chi connectivity index (χ0) is 13.6. The molecular weight excluding hydrogens is 234 g/mol. The van der Waals surface area contributed by atoms with Crippen LogP contribution in [0.3, 0.4) is 0 Å². The van der Waals surface area contributed by atoms with E-state index in [1.54, 1.807) is 4.90 Å². The second-order valence-corrected chi connectivity index (χ2v) is 5.40. The lowest BCUT2D eigenvalue weighted by molar-refractivity contribution is 0.00475. The Morgan fingerprint density at radius 3 is 2.67 bits per heavy atom. The summed E-state index contributed by atoms with van der Waals surface area (Å²) in [5, 5.41) is 0. The molecule has 0 N–H and O–H groups in total. The van der Waals surface area contributed by atoms with Crippen LogP contribution < -0.4 is 0 Å². The van der Waals surface area contributed by atoms with E-state index in [9.17, 15) is 4.79 Å². The molecule has 0 aromatic heterocycles. The van der Waals surface area contributed by atoms with E-state index in [4.69, 9.17) is 14.2 Å². The van der Waals surface area contributed by atoms with Gasteiger partial charge in [0.15, 0.2) is 0 Å². The van der Waals surface area contributed by atoms with Crippen LogP contribution in [0.4, 0.5) is 4.79 Å². The van der Waals surface area contributed by atoms with Crippen molar-refractivity contribution in [2.75, 3.05) is 32.9 Å². The van der Waals surface area contributed by atoms with Gasteiger partial charge in [-0.3, -0.25) is 0 Å². The van der Waals surface area contributed by atoms with Gasteiger partial charge in [-0.1, -0.05) is 0 Å². The van der Waals surface area contributed by atoms with Crippen molar-refractivity contribution >= 4 is 6.09 Å². The van der Waals surface area contributed by atoms with Crippen LogP contribution in [0.2, 0.25) is 0 Å².